The fourth-order valence-electron chi connectivity index (χ4n) is 2.95. The van der Waals surface area contributed by atoms with E-state index in [0.29, 0.717) is 22.6 Å². The van der Waals surface area contributed by atoms with Crippen LogP contribution in [0.2, 0.25) is 0 Å². The van der Waals surface area contributed by atoms with E-state index in [1.807, 2.05) is 6.07 Å². The van der Waals surface area contributed by atoms with Crippen molar-refractivity contribution in [3.8, 4) is 5.88 Å². The lowest BCUT2D eigenvalue weighted by atomic mass is 10.2. The number of hydrogen-bond acceptors (Lipinski definition) is 6. The maximum absolute atomic E-state index is 11.4. The van der Waals surface area contributed by atoms with Crippen molar-refractivity contribution in [1.29, 1.82) is 0 Å². The van der Waals surface area contributed by atoms with Crippen LogP contribution in [0.25, 0.3) is 11.7 Å². The van der Waals surface area contributed by atoms with E-state index >= 15 is 0 Å². The molecule has 5 rings (SSSR count). The molecular weight excluding hydrogens is 352 g/mol. The molecular formula is C17H16N6O2S. The number of fused-ring (bicyclic) bond motifs is 1. The molecule has 8 nitrogen and oxygen atoms in total. The third-order valence-corrected chi connectivity index (χ3v) is 5.53. The van der Waals surface area contributed by atoms with Crippen molar-refractivity contribution >= 4 is 23.5 Å². The van der Waals surface area contributed by atoms with Gasteiger partial charge in [-0.05, 0) is 30.7 Å². The molecule has 0 bridgehead atoms. The van der Waals surface area contributed by atoms with Crippen molar-refractivity contribution in [3.05, 3.63) is 56.3 Å². The number of nitrogens with zero attached hydrogens (tertiary/aromatic N) is 4. The Morgan fingerprint density at radius 2 is 2.27 bits per heavy atom. The maximum atomic E-state index is 11.4. The Morgan fingerprint density at radius 3 is 2.96 bits per heavy atom. The van der Waals surface area contributed by atoms with Gasteiger partial charge in [0.25, 0.3) is 0 Å². The van der Waals surface area contributed by atoms with Crippen LogP contribution < -0.4 is 16.4 Å². The van der Waals surface area contributed by atoms with Gasteiger partial charge >= 0.3 is 5.69 Å². The summed E-state index contributed by atoms with van der Waals surface area (Å²) >= 11 is 1.75. The highest BCUT2D eigenvalue weighted by Gasteiger charge is 2.22. The second-order valence-corrected chi connectivity index (χ2v) is 7.57. The number of aromatic hydroxyl groups is 1. The molecule has 2 aliphatic rings. The Bertz CT molecular complexity index is 1190. The minimum Gasteiger partial charge on any atom is -0.493 e. The van der Waals surface area contributed by atoms with Crippen molar-refractivity contribution in [2.45, 2.75) is 30.6 Å². The van der Waals surface area contributed by atoms with Crippen LogP contribution >= 0.6 is 11.8 Å². The molecule has 4 heterocycles. The second kappa shape index (κ2) is 5.87. The summed E-state index contributed by atoms with van der Waals surface area (Å²) in [6.45, 7) is 0. The van der Waals surface area contributed by atoms with E-state index in [-0.39, 0.29) is 11.1 Å². The van der Waals surface area contributed by atoms with Crippen molar-refractivity contribution in [1.82, 2.24) is 24.6 Å². The van der Waals surface area contributed by atoms with Gasteiger partial charge in [0.15, 0.2) is 11.1 Å². The number of hydrogen-bond donors (Lipinski definition) is 3. The number of allylic oxidation sites excluding steroid dienone is 1. The van der Waals surface area contributed by atoms with Crippen LogP contribution in [-0.4, -0.2) is 35.7 Å². The van der Waals surface area contributed by atoms with Crippen LogP contribution in [0.3, 0.4) is 0 Å². The number of nitrogens with one attached hydrogen (secondary N) is 2. The highest BCUT2D eigenvalue weighted by atomic mass is 32.2. The van der Waals surface area contributed by atoms with Gasteiger partial charge in [-0.1, -0.05) is 6.08 Å². The zero-order valence-corrected chi connectivity index (χ0v) is 14.5. The first-order valence-electron chi connectivity index (χ1n) is 8.43. The molecule has 0 amide bonds. The summed E-state index contributed by atoms with van der Waals surface area (Å²) in [5, 5.41) is 17.3. The second-order valence-electron chi connectivity index (χ2n) is 6.45. The third kappa shape index (κ3) is 2.74. The highest BCUT2D eigenvalue weighted by Crippen LogP contribution is 2.36. The van der Waals surface area contributed by atoms with Crippen molar-refractivity contribution in [3.63, 3.8) is 0 Å². The minimum atomic E-state index is -0.461. The van der Waals surface area contributed by atoms with E-state index in [9.17, 15) is 9.90 Å². The molecule has 26 heavy (non-hydrogen) atoms. The zero-order valence-electron chi connectivity index (χ0n) is 13.7. The largest absolute Gasteiger partial charge is 0.493 e. The van der Waals surface area contributed by atoms with Gasteiger partial charge in [-0.3, -0.25) is 9.98 Å². The molecule has 1 fully saturated rings. The molecule has 3 aromatic heterocycles. The molecule has 3 aromatic rings. The Labute approximate surface area is 151 Å². The first kappa shape index (κ1) is 15.4. The van der Waals surface area contributed by atoms with Crippen LogP contribution in [0.1, 0.15) is 35.9 Å². The monoisotopic (exact) mass is 368 g/mol. The van der Waals surface area contributed by atoms with Crippen LogP contribution in [0.5, 0.6) is 5.88 Å². The lowest BCUT2D eigenvalue weighted by Gasteiger charge is -2.08. The predicted octanol–water partition coefficient (Wildman–Crippen LogP) is 0.754. The molecule has 0 aromatic carbocycles. The van der Waals surface area contributed by atoms with Crippen molar-refractivity contribution in [2.75, 3.05) is 0 Å². The molecule has 1 aliphatic carbocycles. The third-order valence-electron chi connectivity index (χ3n) is 4.42. The van der Waals surface area contributed by atoms with Crippen LogP contribution in [0.15, 0.2) is 33.5 Å². The van der Waals surface area contributed by atoms with Crippen molar-refractivity contribution < 1.29 is 5.11 Å². The summed E-state index contributed by atoms with van der Waals surface area (Å²) in [4.78, 5) is 25.8. The normalized spacial score (nSPS) is 21.3. The molecule has 1 unspecified atom stereocenters. The predicted molar refractivity (Wildman–Crippen MR) is 97.5 cm³/mol. The highest BCUT2D eigenvalue weighted by molar-refractivity contribution is 8.02. The van der Waals surface area contributed by atoms with E-state index in [1.165, 1.54) is 0 Å². The molecule has 0 radical (unpaired) electrons. The smallest absolute Gasteiger partial charge is 0.326 e. The van der Waals surface area contributed by atoms with Gasteiger partial charge in [0.2, 0.25) is 5.88 Å². The van der Waals surface area contributed by atoms with E-state index in [1.54, 1.807) is 28.6 Å². The quantitative estimate of drug-likeness (QED) is 0.632. The minimum absolute atomic E-state index is 0.205. The van der Waals surface area contributed by atoms with E-state index in [2.05, 4.69) is 26.6 Å². The van der Waals surface area contributed by atoms with Gasteiger partial charge in [-0.25, -0.2) is 9.78 Å². The molecule has 0 saturated heterocycles. The first-order valence-corrected chi connectivity index (χ1v) is 9.37. The molecule has 9 heteroatoms. The lowest BCUT2D eigenvalue weighted by molar-refractivity contribution is 0.454. The summed E-state index contributed by atoms with van der Waals surface area (Å²) < 4.78 is 1.72. The van der Waals surface area contributed by atoms with Crippen molar-refractivity contribution in [2.24, 2.45) is 4.99 Å². The average Bonchev–Trinajstić information content (AvgIpc) is 3.01. The molecule has 0 spiro atoms. The Balaban J connectivity index is 1.74. The summed E-state index contributed by atoms with van der Waals surface area (Å²) in [5.41, 5.74) is 2.27. The number of H-pyrrole nitrogens is 2. The van der Waals surface area contributed by atoms with Gasteiger partial charge in [0.05, 0.1) is 23.2 Å². The zero-order chi connectivity index (χ0) is 17.7. The van der Waals surface area contributed by atoms with Crippen LogP contribution in [-0.2, 0) is 0 Å². The average molecular weight is 368 g/mol. The van der Waals surface area contributed by atoms with Gasteiger partial charge in [-0.15, -0.1) is 11.8 Å². The van der Waals surface area contributed by atoms with E-state index in [0.717, 1.165) is 30.4 Å². The fraction of sp³-hybridized carbons (Fsp3) is 0.294. The lowest BCUT2D eigenvalue weighted by Crippen LogP contribution is -2.20. The van der Waals surface area contributed by atoms with E-state index < -0.39 is 5.69 Å². The summed E-state index contributed by atoms with van der Waals surface area (Å²) in [7, 11) is 0. The van der Waals surface area contributed by atoms with Gasteiger partial charge in [0, 0.05) is 11.3 Å². The number of aromatic nitrogens is 5. The fourth-order valence-corrected chi connectivity index (χ4v) is 3.85. The topological polar surface area (TPSA) is 111 Å². The van der Waals surface area contributed by atoms with Crippen LogP contribution in [0, 0.1) is 0 Å². The Kier molecular flexibility index (Phi) is 3.49. The molecule has 1 atom stereocenters. The Hall–Kier alpha value is -2.81. The maximum Gasteiger partial charge on any atom is 0.326 e. The van der Waals surface area contributed by atoms with E-state index in [4.69, 9.17) is 9.98 Å². The number of aromatic amines is 2. The molecule has 3 N–H and O–H groups in total. The molecule has 1 saturated carbocycles. The number of thioether (sulfide) groups is 1. The number of rotatable bonds is 3. The van der Waals surface area contributed by atoms with Crippen LogP contribution in [0.4, 0.5) is 0 Å². The Morgan fingerprint density at radius 1 is 1.38 bits per heavy atom. The first-order chi connectivity index (χ1) is 12.7. The van der Waals surface area contributed by atoms with Gasteiger partial charge in [0.1, 0.15) is 5.69 Å². The van der Waals surface area contributed by atoms with Gasteiger partial charge < -0.3 is 10.1 Å². The summed E-state index contributed by atoms with van der Waals surface area (Å²) in [6, 6.07) is 2.38. The summed E-state index contributed by atoms with van der Waals surface area (Å²) in [5.74, 6) is -0.205. The standard InChI is InChI=1S/C17H16N6O2S/c24-16-12(21-17(25)22-16)6-9-8-18-23-14(19-10-3-4-10)7-11(20-15(9)23)13-2-1-5-26-13/h1,5-8,10,13,24H,2-4H2,(H2,21,22,25). The SMILES string of the molecule is O=c1[nH]c(O)c(C=c2cnn3c(=NC4CC4)cc(C4CC=CS4)nc23)[nH]1. The molecule has 132 valence electrons. The van der Waals surface area contributed by atoms with Gasteiger partial charge in [-0.2, -0.15) is 9.61 Å². The molecule has 1 aliphatic heterocycles. The number of imidazole rings is 1. The summed E-state index contributed by atoms with van der Waals surface area (Å²) in [6.07, 6.45) is 8.63.